The summed E-state index contributed by atoms with van der Waals surface area (Å²) in [5.41, 5.74) is 4.00. The zero-order valence-corrected chi connectivity index (χ0v) is 17.2. The summed E-state index contributed by atoms with van der Waals surface area (Å²) < 4.78 is 20.8. The van der Waals surface area contributed by atoms with Crippen LogP contribution in [0.3, 0.4) is 0 Å². The minimum absolute atomic E-state index is 0.311. The number of nitrogens with zero attached hydrogens (tertiary/aromatic N) is 5. The molecular formula is C23H17FN6O2. The van der Waals surface area contributed by atoms with Crippen molar-refractivity contribution in [3.05, 3.63) is 84.2 Å². The average molecular weight is 428 g/mol. The van der Waals surface area contributed by atoms with Crippen LogP contribution in [0.25, 0.3) is 28.2 Å². The second-order valence-corrected chi connectivity index (χ2v) is 7.25. The standard InChI is InChI=1S/C23H17FN6O2/c1-13-5-6-15(22-27-14(2)32-29-22)10-18(13)28-23(31)19-11-26-20-8-7-16(12-30(19)20)17-4-3-9-25-21(17)24/h3-12H,1-2H3,(H,28,31). The number of imidazole rings is 1. The molecule has 0 bridgehead atoms. The van der Waals surface area contributed by atoms with Crippen LogP contribution in [0.2, 0.25) is 0 Å². The molecule has 0 aliphatic rings. The molecule has 0 atom stereocenters. The summed E-state index contributed by atoms with van der Waals surface area (Å²) in [7, 11) is 0. The first-order chi connectivity index (χ1) is 15.5. The van der Waals surface area contributed by atoms with Crippen molar-refractivity contribution in [2.45, 2.75) is 13.8 Å². The van der Waals surface area contributed by atoms with Crippen molar-refractivity contribution in [1.82, 2.24) is 24.5 Å². The Hall–Kier alpha value is -4.40. The Morgan fingerprint density at radius 2 is 1.94 bits per heavy atom. The number of aryl methyl sites for hydroxylation is 2. The molecule has 9 heteroatoms. The first-order valence-corrected chi connectivity index (χ1v) is 9.80. The fraction of sp³-hybridized carbons (Fsp3) is 0.0870. The predicted molar refractivity (Wildman–Crippen MR) is 116 cm³/mol. The van der Waals surface area contributed by atoms with Crippen molar-refractivity contribution >= 4 is 17.2 Å². The summed E-state index contributed by atoms with van der Waals surface area (Å²) in [6.07, 6.45) is 4.54. The highest BCUT2D eigenvalue weighted by Gasteiger charge is 2.16. The van der Waals surface area contributed by atoms with Gasteiger partial charge in [-0.3, -0.25) is 9.20 Å². The molecule has 1 N–H and O–H groups in total. The van der Waals surface area contributed by atoms with Gasteiger partial charge in [0, 0.05) is 41.7 Å². The van der Waals surface area contributed by atoms with E-state index in [0.29, 0.717) is 39.9 Å². The maximum absolute atomic E-state index is 14.1. The molecule has 0 spiro atoms. The number of carbonyl (C=O) groups excluding carboxylic acids is 1. The van der Waals surface area contributed by atoms with Crippen LogP contribution >= 0.6 is 0 Å². The lowest BCUT2D eigenvalue weighted by Gasteiger charge is -2.10. The number of carbonyl (C=O) groups is 1. The van der Waals surface area contributed by atoms with Crippen molar-refractivity contribution in [3.8, 4) is 22.5 Å². The molecule has 0 unspecified atom stereocenters. The number of pyridine rings is 2. The maximum Gasteiger partial charge on any atom is 0.274 e. The van der Waals surface area contributed by atoms with Gasteiger partial charge in [-0.1, -0.05) is 17.3 Å². The van der Waals surface area contributed by atoms with Crippen LogP contribution in [0.5, 0.6) is 0 Å². The van der Waals surface area contributed by atoms with E-state index in [-0.39, 0.29) is 5.91 Å². The van der Waals surface area contributed by atoms with Crippen molar-refractivity contribution in [2.75, 3.05) is 5.32 Å². The lowest BCUT2D eigenvalue weighted by atomic mass is 10.1. The molecule has 5 aromatic rings. The van der Waals surface area contributed by atoms with Crippen molar-refractivity contribution in [3.63, 3.8) is 0 Å². The highest BCUT2D eigenvalue weighted by Crippen LogP contribution is 2.25. The summed E-state index contributed by atoms with van der Waals surface area (Å²) in [6.45, 7) is 3.60. The van der Waals surface area contributed by atoms with E-state index in [1.807, 2.05) is 19.1 Å². The topological polar surface area (TPSA) is 98.2 Å². The van der Waals surface area contributed by atoms with Crippen LogP contribution in [0.1, 0.15) is 21.9 Å². The Morgan fingerprint density at radius 1 is 1.09 bits per heavy atom. The van der Waals surface area contributed by atoms with Gasteiger partial charge in [0.05, 0.1) is 6.20 Å². The molecule has 1 aromatic carbocycles. The van der Waals surface area contributed by atoms with Crippen LogP contribution < -0.4 is 5.32 Å². The number of rotatable bonds is 4. The molecular weight excluding hydrogens is 411 g/mol. The Kier molecular flexibility index (Phi) is 4.70. The molecule has 0 fully saturated rings. The van der Waals surface area contributed by atoms with Crippen LogP contribution in [0, 0.1) is 19.8 Å². The molecule has 158 valence electrons. The molecule has 1 amide bonds. The van der Waals surface area contributed by atoms with Crippen LogP contribution in [-0.2, 0) is 0 Å². The molecule has 5 rings (SSSR count). The van der Waals surface area contributed by atoms with E-state index in [4.69, 9.17) is 4.52 Å². The van der Waals surface area contributed by atoms with E-state index in [1.165, 1.54) is 12.4 Å². The Balaban J connectivity index is 1.49. The molecule has 8 nitrogen and oxygen atoms in total. The molecule has 4 aromatic heterocycles. The summed E-state index contributed by atoms with van der Waals surface area (Å²) >= 11 is 0. The fourth-order valence-corrected chi connectivity index (χ4v) is 3.41. The van der Waals surface area contributed by atoms with Crippen molar-refractivity contribution in [1.29, 1.82) is 0 Å². The molecule has 0 aliphatic carbocycles. The molecule has 32 heavy (non-hydrogen) atoms. The fourth-order valence-electron chi connectivity index (χ4n) is 3.41. The van der Waals surface area contributed by atoms with E-state index >= 15 is 0 Å². The first kappa shape index (κ1) is 19.6. The largest absolute Gasteiger partial charge is 0.339 e. The molecule has 0 saturated carbocycles. The first-order valence-electron chi connectivity index (χ1n) is 9.80. The monoisotopic (exact) mass is 428 g/mol. The Morgan fingerprint density at radius 3 is 2.72 bits per heavy atom. The number of amides is 1. The number of hydrogen-bond donors (Lipinski definition) is 1. The third kappa shape index (κ3) is 3.49. The minimum Gasteiger partial charge on any atom is -0.339 e. The van der Waals surface area contributed by atoms with Gasteiger partial charge in [-0.2, -0.15) is 9.37 Å². The predicted octanol–water partition coefficient (Wildman–Crippen LogP) is 4.45. The number of hydrogen-bond acceptors (Lipinski definition) is 6. The molecule has 0 saturated heterocycles. The summed E-state index contributed by atoms with van der Waals surface area (Å²) in [4.78, 5) is 25.3. The van der Waals surface area contributed by atoms with Gasteiger partial charge < -0.3 is 9.84 Å². The van der Waals surface area contributed by atoms with E-state index < -0.39 is 5.95 Å². The van der Waals surface area contributed by atoms with Gasteiger partial charge in [-0.25, -0.2) is 9.97 Å². The summed E-state index contributed by atoms with van der Waals surface area (Å²) in [5.74, 6) is -0.0401. The smallest absolute Gasteiger partial charge is 0.274 e. The number of fused-ring (bicyclic) bond motifs is 1. The van der Waals surface area contributed by atoms with Gasteiger partial charge in [0.2, 0.25) is 17.7 Å². The van der Waals surface area contributed by atoms with Gasteiger partial charge >= 0.3 is 0 Å². The molecule has 4 heterocycles. The Bertz CT molecular complexity index is 1470. The third-order valence-corrected chi connectivity index (χ3v) is 5.08. The van der Waals surface area contributed by atoms with Crippen molar-refractivity contribution < 1.29 is 13.7 Å². The number of benzene rings is 1. The number of anilines is 1. The minimum atomic E-state index is -0.581. The normalized spacial score (nSPS) is 11.1. The van der Waals surface area contributed by atoms with Gasteiger partial charge in [-0.05, 0) is 42.8 Å². The van der Waals surface area contributed by atoms with Crippen LogP contribution in [-0.4, -0.2) is 30.4 Å². The number of aromatic nitrogens is 5. The van der Waals surface area contributed by atoms with Crippen LogP contribution in [0.15, 0.2) is 65.6 Å². The van der Waals surface area contributed by atoms with Gasteiger partial charge in [0.15, 0.2) is 0 Å². The van der Waals surface area contributed by atoms with E-state index in [2.05, 4.69) is 25.4 Å². The van der Waals surface area contributed by atoms with E-state index in [1.54, 1.807) is 47.9 Å². The second kappa shape index (κ2) is 7.69. The Labute approximate surface area is 181 Å². The summed E-state index contributed by atoms with van der Waals surface area (Å²) in [6, 6.07) is 12.3. The number of halogens is 1. The average Bonchev–Trinajstić information content (AvgIpc) is 3.41. The lowest BCUT2D eigenvalue weighted by Crippen LogP contribution is -2.15. The van der Waals surface area contributed by atoms with Crippen LogP contribution in [0.4, 0.5) is 10.1 Å². The third-order valence-electron chi connectivity index (χ3n) is 5.08. The SMILES string of the molecule is Cc1nc(-c2ccc(C)c(NC(=O)c3cnc4ccc(-c5cccnc5F)cn34)c2)no1. The van der Waals surface area contributed by atoms with Crippen molar-refractivity contribution in [2.24, 2.45) is 0 Å². The van der Waals surface area contributed by atoms with Gasteiger partial charge in [0.25, 0.3) is 5.91 Å². The van der Waals surface area contributed by atoms with E-state index in [0.717, 1.165) is 11.1 Å². The molecule has 0 aliphatic heterocycles. The molecule has 0 radical (unpaired) electrons. The number of nitrogens with one attached hydrogen (secondary N) is 1. The van der Waals surface area contributed by atoms with Gasteiger partial charge in [0.1, 0.15) is 11.3 Å². The highest BCUT2D eigenvalue weighted by atomic mass is 19.1. The highest BCUT2D eigenvalue weighted by molar-refractivity contribution is 6.04. The zero-order chi connectivity index (χ0) is 22.2. The van der Waals surface area contributed by atoms with Gasteiger partial charge in [-0.15, -0.1) is 0 Å². The second-order valence-electron chi connectivity index (χ2n) is 7.25. The zero-order valence-electron chi connectivity index (χ0n) is 17.2. The quantitative estimate of drug-likeness (QED) is 0.425. The van der Waals surface area contributed by atoms with E-state index in [9.17, 15) is 9.18 Å². The summed E-state index contributed by atoms with van der Waals surface area (Å²) in [5, 5.41) is 6.84. The maximum atomic E-state index is 14.1. The lowest BCUT2D eigenvalue weighted by molar-refractivity contribution is 0.102.